The molecule has 2 N–H and O–H groups in total. The summed E-state index contributed by atoms with van der Waals surface area (Å²) in [5, 5.41) is 4.99. The highest BCUT2D eigenvalue weighted by atomic mass is 32.2. The molecule has 0 heterocycles. The first-order chi connectivity index (χ1) is 12.0. The molecule has 0 bridgehead atoms. The van der Waals surface area contributed by atoms with Gasteiger partial charge in [-0.15, -0.1) is 0 Å². The van der Waals surface area contributed by atoms with Crippen LogP contribution < -0.4 is 5.14 Å². The predicted molar refractivity (Wildman–Crippen MR) is 97.6 cm³/mol. The average Bonchev–Trinajstić information content (AvgIpc) is 2.58. The van der Waals surface area contributed by atoms with Crippen molar-refractivity contribution in [1.29, 1.82) is 0 Å². The van der Waals surface area contributed by atoms with Gasteiger partial charge < -0.3 is 4.74 Å². The number of sulfonamides is 1. The lowest BCUT2D eigenvalue weighted by Crippen LogP contribution is -2.16. The Balaban J connectivity index is 1.99. The number of carbonyl (C=O) groups excluding carboxylic acids is 2. The van der Waals surface area contributed by atoms with E-state index in [0.717, 1.165) is 5.56 Å². The molecule has 138 valence electrons. The van der Waals surface area contributed by atoms with Crippen LogP contribution >= 0.6 is 0 Å². The maximum atomic E-state index is 12.2. The lowest BCUT2D eigenvalue weighted by Gasteiger charge is -2.18. The Bertz CT molecular complexity index is 908. The monoisotopic (exact) mass is 375 g/mol. The van der Waals surface area contributed by atoms with Gasteiger partial charge in [-0.25, -0.2) is 18.4 Å². The van der Waals surface area contributed by atoms with Crippen LogP contribution in [0.1, 0.15) is 47.1 Å². The third-order valence-electron chi connectivity index (χ3n) is 3.83. The number of benzene rings is 2. The van der Waals surface area contributed by atoms with Crippen LogP contribution in [-0.2, 0) is 20.2 Å². The fraction of sp³-hybridized carbons (Fsp3) is 0.263. The van der Waals surface area contributed by atoms with Crippen LogP contribution in [0.15, 0.2) is 53.4 Å². The standard InChI is InChI=1S/C19H21NO5S/c1-19(2,3)15-8-4-13(5-9-15)17(21)12-25-18(22)14-6-10-16(11-7-14)26(20,23)24/h4-11H,12H2,1-3H3,(H2,20,23,24). The first-order valence-electron chi connectivity index (χ1n) is 7.92. The maximum absolute atomic E-state index is 12.2. The van der Waals surface area contributed by atoms with Gasteiger partial charge >= 0.3 is 5.97 Å². The zero-order chi connectivity index (χ0) is 19.5. The Morgan fingerprint density at radius 3 is 1.88 bits per heavy atom. The van der Waals surface area contributed by atoms with E-state index in [1.165, 1.54) is 24.3 Å². The van der Waals surface area contributed by atoms with E-state index in [1.807, 2.05) is 12.1 Å². The molecule has 0 saturated heterocycles. The number of carbonyl (C=O) groups is 2. The highest BCUT2D eigenvalue weighted by molar-refractivity contribution is 7.89. The first kappa shape index (κ1) is 19.8. The molecule has 26 heavy (non-hydrogen) atoms. The summed E-state index contributed by atoms with van der Waals surface area (Å²) >= 11 is 0. The number of Topliss-reactive ketones (excluding diaryl/α,β-unsaturated/α-hetero) is 1. The van der Waals surface area contributed by atoms with Crippen LogP contribution in [0.2, 0.25) is 0 Å². The smallest absolute Gasteiger partial charge is 0.338 e. The second-order valence-corrected chi connectivity index (χ2v) is 8.46. The summed E-state index contributed by atoms with van der Waals surface area (Å²) in [5.74, 6) is -1.04. The lowest BCUT2D eigenvalue weighted by molar-refractivity contribution is 0.0474. The summed E-state index contributed by atoms with van der Waals surface area (Å²) in [6, 6.07) is 12.1. The molecule has 2 aromatic rings. The Hall–Kier alpha value is -2.51. The van der Waals surface area contributed by atoms with Crippen molar-refractivity contribution in [3.63, 3.8) is 0 Å². The molecule has 0 aliphatic heterocycles. The zero-order valence-electron chi connectivity index (χ0n) is 14.9. The van der Waals surface area contributed by atoms with Crippen molar-refractivity contribution in [2.75, 3.05) is 6.61 Å². The van der Waals surface area contributed by atoms with Crippen LogP contribution in [0.25, 0.3) is 0 Å². The molecule has 0 aliphatic rings. The quantitative estimate of drug-likeness (QED) is 0.639. The predicted octanol–water partition coefficient (Wildman–Crippen LogP) is 2.67. The molecule has 7 heteroatoms. The van der Waals surface area contributed by atoms with Crippen LogP contribution in [-0.4, -0.2) is 26.8 Å². The molecule has 0 aliphatic carbocycles. The maximum Gasteiger partial charge on any atom is 0.338 e. The van der Waals surface area contributed by atoms with Crippen molar-refractivity contribution >= 4 is 21.8 Å². The summed E-state index contributed by atoms with van der Waals surface area (Å²) in [7, 11) is -3.83. The highest BCUT2D eigenvalue weighted by Gasteiger charge is 2.16. The Kier molecular flexibility index (Phi) is 5.63. The van der Waals surface area contributed by atoms with E-state index in [1.54, 1.807) is 12.1 Å². The van der Waals surface area contributed by atoms with E-state index in [9.17, 15) is 18.0 Å². The molecular formula is C19H21NO5S. The zero-order valence-corrected chi connectivity index (χ0v) is 15.7. The summed E-state index contributed by atoms with van der Waals surface area (Å²) in [5.41, 5.74) is 1.67. The SMILES string of the molecule is CC(C)(C)c1ccc(C(=O)COC(=O)c2ccc(S(N)(=O)=O)cc2)cc1. The number of primary sulfonamides is 1. The number of ether oxygens (including phenoxy) is 1. The lowest BCUT2D eigenvalue weighted by atomic mass is 9.86. The number of hydrogen-bond donors (Lipinski definition) is 1. The van der Waals surface area contributed by atoms with Gasteiger partial charge in [-0.1, -0.05) is 45.0 Å². The third kappa shape index (κ3) is 5.00. The minimum absolute atomic E-state index is 0.0167. The molecule has 2 rings (SSSR count). The Morgan fingerprint density at radius 1 is 0.923 bits per heavy atom. The summed E-state index contributed by atoms with van der Waals surface area (Å²) in [6.45, 7) is 5.83. The van der Waals surface area contributed by atoms with E-state index in [-0.39, 0.29) is 21.7 Å². The van der Waals surface area contributed by atoms with Crippen LogP contribution in [0, 0.1) is 0 Å². The van der Waals surface area contributed by atoms with Crippen molar-refractivity contribution in [1.82, 2.24) is 0 Å². The third-order valence-corrected chi connectivity index (χ3v) is 4.76. The Morgan fingerprint density at radius 2 is 1.42 bits per heavy atom. The number of rotatable bonds is 5. The number of nitrogens with two attached hydrogens (primary N) is 1. The molecule has 0 unspecified atom stereocenters. The second-order valence-electron chi connectivity index (χ2n) is 6.90. The van der Waals surface area contributed by atoms with Crippen molar-refractivity contribution < 1.29 is 22.7 Å². The molecular weight excluding hydrogens is 354 g/mol. The van der Waals surface area contributed by atoms with Crippen LogP contribution in [0.3, 0.4) is 0 Å². The Labute approximate surface area is 153 Å². The summed E-state index contributed by atoms with van der Waals surface area (Å²) in [4.78, 5) is 24.0. The molecule has 0 radical (unpaired) electrons. The van der Waals surface area contributed by atoms with Crippen molar-refractivity contribution in [3.8, 4) is 0 Å². The normalized spacial score (nSPS) is 11.8. The van der Waals surface area contributed by atoms with Gasteiger partial charge in [0.1, 0.15) is 0 Å². The van der Waals surface area contributed by atoms with E-state index in [4.69, 9.17) is 9.88 Å². The topological polar surface area (TPSA) is 104 Å². The molecule has 0 atom stereocenters. The van der Waals surface area contributed by atoms with Crippen LogP contribution in [0.5, 0.6) is 0 Å². The first-order valence-corrected chi connectivity index (χ1v) is 9.47. The number of esters is 1. The molecule has 0 fully saturated rings. The van der Waals surface area contributed by atoms with E-state index in [0.29, 0.717) is 5.56 Å². The van der Waals surface area contributed by atoms with Gasteiger partial charge in [0.05, 0.1) is 10.5 Å². The summed E-state index contributed by atoms with van der Waals surface area (Å²) < 4.78 is 27.4. The molecule has 0 saturated carbocycles. The molecule has 0 aromatic heterocycles. The minimum atomic E-state index is -3.83. The van der Waals surface area contributed by atoms with Gasteiger partial charge in [0.2, 0.25) is 10.0 Å². The second kappa shape index (κ2) is 7.39. The largest absolute Gasteiger partial charge is 0.454 e. The highest BCUT2D eigenvalue weighted by Crippen LogP contribution is 2.22. The molecule has 0 spiro atoms. The van der Waals surface area contributed by atoms with Crippen molar-refractivity contribution in [2.24, 2.45) is 5.14 Å². The molecule has 0 amide bonds. The minimum Gasteiger partial charge on any atom is -0.454 e. The fourth-order valence-corrected chi connectivity index (χ4v) is 2.75. The van der Waals surface area contributed by atoms with Gasteiger partial charge in [-0.3, -0.25) is 4.79 Å². The summed E-state index contributed by atoms with van der Waals surface area (Å²) in [6.07, 6.45) is 0. The van der Waals surface area contributed by atoms with Crippen molar-refractivity contribution in [3.05, 3.63) is 65.2 Å². The molecule has 6 nitrogen and oxygen atoms in total. The van der Waals surface area contributed by atoms with Gasteiger partial charge in [-0.2, -0.15) is 0 Å². The van der Waals surface area contributed by atoms with Crippen molar-refractivity contribution in [2.45, 2.75) is 31.1 Å². The van der Waals surface area contributed by atoms with Gasteiger partial charge in [0.25, 0.3) is 0 Å². The number of ketones is 1. The van der Waals surface area contributed by atoms with Gasteiger partial charge in [0, 0.05) is 5.56 Å². The van der Waals surface area contributed by atoms with Gasteiger partial charge in [0.15, 0.2) is 12.4 Å². The average molecular weight is 375 g/mol. The molecule has 2 aromatic carbocycles. The van der Waals surface area contributed by atoms with Crippen LogP contribution in [0.4, 0.5) is 0 Å². The van der Waals surface area contributed by atoms with Gasteiger partial charge in [-0.05, 0) is 35.2 Å². The van der Waals surface area contributed by atoms with E-state index >= 15 is 0 Å². The fourth-order valence-electron chi connectivity index (χ4n) is 2.23. The van der Waals surface area contributed by atoms with E-state index in [2.05, 4.69) is 20.8 Å². The van der Waals surface area contributed by atoms with E-state index < -0.39 is 22.6 Å². The number of hydrogen-bond acceptors (Lipinski definition) is 5.